The molecule has 0 spiro atoms. The fourth-order valence-electron chi connectivity index (χ4n) is 2.60. The number of likely N-dealkylation sites (tertiary alicyclic amines) is 1. The highest BCUT2D eigenvalue weighted by atomic mass is 16.5. The van der Waals surface area contributed by atoms with Crippen molar-refractivity contribution < 1.29 is 14.6 Å². The largest absolute Gasteiger partial charge is 0.384 e. The van der Waals surface area contributed by atoms with Crippen molar-refractivity contribution in [1.82, 2.24) is 4.90 Å². The summed E-state index contributed by atoms with van der Waals surface area (Å²) in [6.07, 6.45) is 2.02. The average molecular weight is 287 g/mol. The first kappa shape index (κ1) is 15.6. The number of aliphatic hydroxyl groups excluding tert-OH is 1. The van der Waals surface area contributed by atoms with E-state index in [0.717, 1.165) is 37.1 Å². The minimum absolute atomic E-state index is 0.0506. The summed E-state index contributed by atoms with van der Waals surface area (Å²) in [7, 11) is 1.72. The van der Waals surface area contributed by atoms with Crippen molar-refractivity contribution in [3.8, 4) is 11.8 Å². The number of ether oxygens (including phenoxy) is 1. The van der Waals surface area contributed by atoms with Crippen LogP contribution in [0.3, 0.4) is 0 Å². The molecular weight excluding hydrogens is 266 g/mol. The molecule has 1 amide bonds. The highest BCUT2D eigenvalue weighted by molar-refractivity contribution is 5.96. The van der Waals surface area contributed by atoms with Gasteiger partial charge in [-0.3, -0.25) is 4.79 Å². The number of hydrogen-bond donors (Lipinski definition) is 1. The lowest BCUT2D eigenvalue weighted by molar-refractivity contribution is 0.0350. The minimum Gasteiger partial charge on any atom is -0.384 e. The van der Waals surface area contributed by atoms with E-state index in [1.165, 1.54) is 0 Å². The van der Waals surface area contributed by atoms with Crippen LogP contribution in [0.5, 0.6) is 0 Å². The van der Waals surface area contributed by atoms with Crippen LogP contribution in [0, 0.1) is 18.8 Å². The van der Waals surface area contributed by atoms with Crippen LogP contribution in [0.2, 0.25) is 0 Å². The van der Waals surface area contributed by atoms with E-state index in [1.807, 2.05) is 30.0 Å². The second kappa shape index (κ2) is 7.26. The van der Waals surface area contributed by atoms with Crippen LogP contribution in [0.4, 0.5) is 0 Å². The van der Waals surface area contributed by atoms with Gasteiger partial charge in [0.2, 0.25) is 0 Å². The Morgan fingerprint density at radius 2 is 2.14 bits per heavy atom. The Bertz CT molecular complexity index is 563. The van der Waals surface area contributed by atoms with E-state index in [0.29, 0.717) is 5.56 Å². The molecule has 2 rings (SSSR count). The van der Waals surface area contributed by atoms with Crippen LogP contribution in [0.25, 0.3) is 0 Å². The second-order valence-electron chi connectivity index (χ2n) is 5.17. The number of carbonyl (C=O) groups excluding carboxylic acids is 1. The van der Waals surface area contributed by atoms with Crippen LogP contribution in [0.1, 0.15) is 34.3 Å². The molecule has 1 aromatic rings. The van der Waals surface area contributed by atoms with E-state index >= 15 is 0 Å². The maximum absolute atomic E-state index is 12.6. The first-order valence-corrected chi connectivity index (χ1v) is 7.18. The number of piperidine rings is 1. The molecule has 0 aliphatic carbocycles. The molecule has 0 atom stereocenters. The monoisotopic (exact) mass is 287 g/mol. The first-order valence-electron chi connectivity index (χ1n) is 7.18. The van der Waals surface area contributed by atoms with Gasteiger partial charge in [-0.15, -0.1) is 0 Å². The van der Waals surface area contributed by atoms with E-state index in [9.17, 15) is 4.79 Å². The van der Waals surface area contributed by atoms with Crippen molar-refractivity contribution in [3.63, 3.8) is 0 Å². The van der Waals surface area contributed by atoms with Gasteiger partial charge < -0.3 is 14.7 Å². The molecule has 0 unspecified atom stereocenters. The minimum atomic E-state index is -0.178. The number of benzene rings is 1. The van der Waals surface area contributed by atoms with Crippen LogP contribution >= 0.6 is 0 Å². The van der Waals surface area contributed by atoms with Gasteiger partial charge in [0.15, 0.2) is 0 Å². The Kier molecular flexibility index (Phi) is 5.38. The van der Waals surface area contributed by atoms with Crippen molar-refractivity contribution in [2.75, 3.05) is 26.8 Å². The van der Waals surface area contributed by atoms with Crippen molar-refractivity contribution >= 4 is 5.91 Å². The van der Waals surface area contributed by atoms with Gasteiger partial charge in [-0.05, 0) is 37.5 Å². The molecule has 1 saturated heterocycles. The Hall–Kier alpha value is -1.83. The molecule has 1 heterocycles. The number of rotatable bonds is 2. The molecular formula is C17H21NO3. The zero-order valence-corrected chi connectivity index (χ0v) is 12.6. The summed E-state index contributed by atoms with van der Waals surface area (Å²) >= 11 is 0. The Balaban J connectivity index is 2.16. The number of methoxy groups -OCH3 is 1. The van der Waals surface area contributed by atoms with Gasteiger partial charge in [-0.2, -0.15) is 0 Å². The number of amides is 1. The topological polar surface area (TPSA) is 49.8 Å². The first-order chi connectivity index (χ1) is 10.2. The third kappa shape index (κ3) is 3.63. The fraction of sp³-hybridized carbons (Fsp3) is 0.471. The molecule has 0 radical (unpaired) electrons. The van der Waals surface area contributed by atoms with Crippen molar-refractivity contribution in [2.45, 2.75) is 25.9 Å². The summed E-state index contributed by atoms with van der Waals surface area (Å²) in [5.41, 5.74) is 2.36. The smallest absolute Gasteiger partial charge is 0.254 e. The van der Waals surface area contributed by atoms with Gasteiger partial charge in [0.1, 0.15) is 6.61 Å². The highest BCUT2D eigenvalue weighted by Crippen LogP contribution is 2.19. The molecule has 1 N–H and O–H groups in total. The molecule has 0 saturated carbocycles. The van der Waals surface area contributed by atoms with Gasteiger partial charge in [-0.1, -0.05) is 17.9 Å². The van der Waals surface area contributed by atoms with Gasteiger partial charge in [-0.25, -0.2) is 0 Å². The fourth-order valence-corrected chi connectivity index (χ4v) is 2.60. The highest BCUT2D eigenvalue weighted by Gasteiger charge is 2.24. The predicted octanol–water partition coefficient (Wildman–Crippen LogP) is 1.59. The summed E-state index contributed by atoms with van der Waals surface area (Å²) in [6, 6.07) is 5.54. The molecule has 21 heavy (non-hydrogen) atoms. The standard InChI is InChI=1S/C17H21NO3/c1-13-14(6-4-12-19)5-3-7-16(13)17(20)18-10-8-15(21-2)9-11-18/h3,5,7,15,19H,8-12H2,1-2H3. The molecule has 112 valence electrons. The van der Waals surface area contributed by atoms with E-state index in [4.69, 9.17) is 9.84 Å². The predicted molar refractivity (Wildman–Crippen MR) is 81.1 cm³/mol. The third-order valence-electron chi connectivity index (χ3n) is 3.93. The molecule has 4 heteroatoms. The SMILES string of the molecule is COC1CCN(C(=O)c2cccc(C#CCO)c2C)CC1. The lowest BCUT2D eigenvalue weighted by Gasteiger charge is -2.31. The Labute approximate surface area is 125 Å². The normalized spacial score (nSPS) is 15.5. The molecule has 4 nitrogen and oxygen atoms in total. The van der Waals surface area contributed by atoms with Crippen LogP contribution in [0.15, 0.2) is 18.2 Å². The molecule has 0 aromatic heterocycles. The summed E-state index contributed by atoms with van der Waals surface area (Å²) in [5, 5.41) is 8.79. The van der Waals surface area contributed by atoms with E-state index < -0.39 is 0 Å². The van der Waals surface area contributed by atoms with E-state index in [1.54, 1.807) is 7.11 Å². The zero-order valence-electron chi connectivity index (χ0n) is 12.6. The zero-order chi connectivity index (χ0) is 15.2. The average Bonchev–Trinajstić information content (AvgIpc) is 2.53. The quantitative estimate of drug-likeness (QED) is 0.840. The van der Waals surface area contributed by atoms with Crippen molar-refractivity contribution in [1.29, 1.82) is 0 Å². The van der Waals surface area contributed by atoms with Crippen LogP contribution in [-0.4, -0.2) is 48.8 Å². The summed E-state index contributed by atoms with van der Waals surface area (Å²) < 4.78 is 5.33. The lowest BCUT2D eigenvalue weighted by Crippen LogP contribution is -2.40. The number of hydrogen-bond acceptors (Lipinski definition) is 3. The third-order valence-corrected chi connectivity index (χ3v) is 3.93. The molecule has 1 aliphatic rings. The van der Waals surface area contributed by atoms with E-state index in [-0.39, 0.29) is 18.6 Å². The molecule has 1 aliphatic heterocycles. The van der Waals surface area contributed by atoms with Crippen LogP contribution in [-0.2, 0) is 4.74 Å². The van der Waals surface area contributed by atoms with Crippen molar-refractivity contribution in [3.05, 3.63) is 34.9 Å². The molecule has 1 aromatic carbocycles. The summed E-state index contributed by atoms with van der Waals surface area (Å²) in [4.78, 5) is 14.5. The number of carbonyl (C=O) groups is 1. The van der Waals surface area contributed by atoms with Gasteiger partial charge in [0.05, 0.1) is 6.10 Å². The number of aliphatic hydroxyl groups is 1. The number of nitrogens with zero attached hydrogens (tertiary/aromatic N) is 1. The van der Waals surface area contributed by atoms with Crippen LogP contribution < -0.4 is 0 Å². The molecule has 1 fully saturated rings. The Morgan fingerprint density at radius 3 is 2.76 bits per heavy atom. The lowest BCUT2D eigenvalue weighted by atomic mass is 10.00. The van der Waals surface area contributed by atoms with Gasteiger partial charge in [0, 0.05) is 31.3 Å². The van der Waals surface area contributed by atoms with E-state index in [2.05, 4.69) is 11.8 Å². The van der Waals surface area contributed by atoms with Crippen molar-refractivity contribution in [2.24, 2.45) is 0 Å². The molecule has 0 bridgehead atoms. The summed E-state index contributed by atoms with van der Waals surface area (Å²) in [6.45, 7) is 3.17. The second-order valence-corrected chi connectivity index (χ2v) is 5.17. The summed E-state index contributed by atoms with van der Waals surface area (Å²) in [5.74, 6) is 5.57. The van der Waals surface area contributed by atoms with Gasteiger partial charge in [0.25, 0.3) is 5.91 Å². The maximum atomic E-state index is 12.6. The Morgan fingerprint density at radius 1 is 1.43 bits per heavy atom. The van der Waals surface area contributed by atoms with Gasteiger partial charge >= 0.3 is 0 Å². The maximum Gasteiger partial charge on any atom is 0.254 e.